The molecule has 0 spiro atoms. The summed E-state index contributed by atoms with van der Waals surface area (Å²) < 4.78 is 5.19. The first-order chi connectivity index (χ1) is 19.5. The summed E-state index contributed by atoms with van der Waals surface area (Å²) in [5, 5.41) is 25.9. The summed E-state index contributed by atoms with van der Waals surface area (Å²) in [6.45, 7) is 0. The maximum Gasteiger partial charge on any atom is 0.235 e. The van der Waals surface area contributed by atoms with Crippen molar-refractivity contribution >= 4 is 51.2 Å². The van der Waals surface area contributed by atoms with Crippen molar-refractivity contribution < 1.29 is 38.9 Å². The minimum absolute atomic E-state index is 0.0507. The molecular weight excluding hydrogens is 550 g/mol. The van der Waals surface area contributed by atoms with Crippen molar-refractivity contribution in [3.63, 3.8) is 0 Å². The molecule has 3 aliphatic carbocycles. The molecule has 11 nitrogen and oxygen atoms in total. The number of nitrogens with zero attached hydrogens (tertiary/aromatic N) is 1. The first-order valence-electron chi connectivity index (χ1n) is 12.9. The van der Waals surface area contributed by atoms with Crippen molar-refractivity contribution in [2.24, 2.45) is 29.4 Å². The first kappa shape index (κ1) is 26.8. The lowest BCUT2D eigenvalue weighted by Crippen LogP contribution is -2.68. The van der Waals surface area contributed by atoms with Gasteiger partial charge in [-0.2, -0.15) is 0 Å². The second-order valence-electron chi connectivity index (χ2n) is 10.6. The third-order valence-corrected chi connectivity index (χ3v) is 9.36. The number of ketones is 4. The molecule has 6 rings (SSSR count). The number of ether oxygens (including phenoxy) is 1. The van der Waals surface area contributed by atoms with Crippen molar-refractivity contribution in [3.8, 4) is 21.9 Å². The Morgan fingerprint density at radius 1 is 1.10 bits per heavy atom. The number of hydrogen-bond donors (Lipinski definition) is 4. The molecule has 2 unspecified atom stereocenters. The van der Waals surface area contributed by atoms with Gasteiger partial charge in [-0.15, -0.1) is 0 Å². The average Bonchev–Trinajstić information content (AvgIpc) is 3.40. The summed E-state index contributed by atoms with van der Waals surface area (Å²) >= 11 is 1.33. The molecule has 2 aromatic carbocycles. The summed E-state index contributed by atoms with van der Waals surface area (Å²) in [5.74, 6) is -9.69. The van der Waals surface area contributed by atoms with E-state index < -0.39 is 58.3 Å². The third kappa shape index (κ3) is 4.05. The number of rotatable bonds is 5. The number of Topliss-reactive ketones (excluding diaryl/α,β-unsaturated/α-hetero) is 4. The van der Waals surface area contributed by atoms with Gasteiger partial charge in [0.2, 0.25) is 5.91 Å². The number of nitrogens with one attached hydrogen (secondary N) is 1. The Balaban J connectivity index is 1.29. The number of amides is 1. The lowest BCUT2D eigenvalue weighted by Gasteiger charge is -2.48. The van der Waals surface area contributed by atoms with Crippen molar-refractivity contribution in [1.82, 2.24) is 4.98 Å². The molecule has 0 aliphatic heterocycles. The zero-order chi connectivity index (χ0) is 29.2. The maximum atomic E-state index is 13.7. The second-order valence-corrected chi connectivity index (χ2v) is 11.6. The maximum absolute atomic E-state index is 13.7. The van der Waals surface area contributed by atoms with Crippen LogP contribution in [0.25, 0.3) is 10.4 Å². The largest absolute Gasteiger partial charge is 0.505 e. The molecule has 12 heteroatoms. The molecule has 5 N–H and O–H groups in total. The first-order valence-corrected chi connectivity index (χ1v) is 13.8. The number of carbonyl (C=O) groups is 5. The number of aromatic hydroxyl groups is 1. The Morgan fingerprint density at radius 2 is 1.83 bits per heavy atom. The fraction of sp³-hybridized carbons (Fsp3) is 0.310. The van der Waals surface area contributed by atoms with Crippen LogP contribution in [0.5, 0.6) is 11.5 Å². The van der Waals surface area contributed by atoms with Gasteiger partial charge in [0.15, 0.2) is 39.8 Å². The Morgan fingerprint density at radius 3 is 2.51 bits per heavy atom. The number of aromatic nitrogens is 1. The fourth-order valence-corrected chi connectivity index (χ4v) is 7.21. The quantitative estimate of drug-likeness (QED) is 0.260. The summed E-state index contributed by atoms with van der Waals surface area (Å²) in [4.78, 5) is 69.9. The number of fused-ring (bicyclic) bond motifs is 3. The lowest BCUT2D eigenvalue weighted by molar-refractivity contribution is -0.175. The highest BCUT2D eigenvalue weighted by atomic mass is 32.1. The van der Waals surface area contributed by atoms with Gasteiger partial charge in [0.05, 0.1) is 29.2 Å². The van der Waals surface area contributed by atoms with Crippen LogP contribution in [0.15, 0.2) is 42.6 Å². The molecule has 0 saturated heterocycles. The number of thiazole rings is 1. The third-order valence-electron chi connectivity index (χ3n) is 8.40. The van der Waals surface area contributed by atoms with E-state index in [1.807, 2.05) is 24.3 Å². The van der Waals surface area contributed by atoms with E-state index in [4.69, 9.17) is 10.5 Å². The Hall–Kier alpha value is -4.42. The number of phenolic OH excluding ortho intramolecular Hbond substituents is 1. The molecule has 1 amide bonds. The number of aliphatic hydroxyl groups is 1. The molecule has 210 valence electrons. The monoisotopic (exact) mass is 575 g/mol. The molecule has 0 radical (unpaired) electrons. The van der Waals surface area contributed by atoms with Crippen LogP contribution in [0.3, 0.4) is 0 Å². The Labute approximate surface area is 237 Å². The van der Waals surface area contributed by atoms with Gasteiger partial charge in [-0.3, -0.25) is 24.0 Å². The van der Waals surface area contributed by atoms with Gasteiger partial charge in [-0.25, -0.2) is 4.98 Å². The number of methoxy groups -OCH3 is 1. The minimum Gasteiger partial charge on any atom is -0.505 e. The topological polar surface area (TPSA) is 186 Å². The van der Waals surface area contributed by atoms with E-state index in [9.17, 15) is 34.2 Å². The van der Waals surface area contributed by atoms with Crippen LogP contribution in [0.1, 0.15) is 28.8 Å². The lowest BCUT2D eigenvalue weighted by atomic mass is 9.54. The van der Waals surface area contributed by atoms with E-state index in [-0.39, 0.29) is 36.3 Å². The van der Waals surface area contributed by atoms with Gasteiger partial charge in [0, 0.05) is 18.5 Å². The molecule has 1 heterocycles. The van der Waals surface area contributed by atoms with Gasteiger partial charge >= 0.3 is 0 Å². The van der Waals surface area contributed by atoms with Crippen LogP contribution in [0.2, 0.25) is 0 Å². The van der Waals surface area contributed by atoms with E-state index in [0.29, 0.717) is 10.7 Å². The van der Waals surface area contributed by atoms with E-state index in [1.54, 1.807) is 25.4 Å². The summed E-state index contributed by atoms with van der Waals surface area (Å²) in [6.07, 6.45) is 1.57. The Bertz CT molecular complexity index is 1650. The van der Waals surface area contributed by atoms with Crippen LogP contribution in [-0.4, -0.2) is 56.9 Å². The van der Waals surface area contributed by atoms with Crippen LogP contribution >= 0.6 is 11.3 Å². The van der Waals surface area contributed by atoms with Crippen molar-refractivity contribution in [3.05, 3.63) is 53.7 Å². The molecule has 0 bridgehead atoms. The highest BCUT2D eigenvalue weighted by Gasteiger charge is 2.66. The molecule has 2 saturated carbocycles. The van der Waals surface area contributed by atoms with Gasteiger partial charge < -0.3 is 26.0 Å². The molecule has 1 aromatic heterocycles. The number of phenols is 1. The van der Waals surface area contributed by atoms with Crippen LogP contribution in [-0.2, 0) is 25.6 Å². The summed E-state index contributed by atoms with van der Waals surface area (Å²) in [6, 6.07) is 10.7. The number of primary amides is 1. The summed E-state index contributed by atoms with van der Waals surface area (Å²) in [5.41, 5.74) is 4.09. The van der Waals surface area contributed by atoms with Gasteiger partial charge in [-0.1, -0.05) is 17.4 Å². The predicted octanol–water partition coefficient (Wildman–Crippen LogP) is 2.20. The van der Waals surface area contributed by atoms with E-state index in [1.165, 1.54) is 11.3 Å². The smallest absolute Gasteiger partial charge is 0.235 e. The minimum atomic E-state index is -2.67. The van der Waals surface area contributed by atoms with Crippen LogP contribution < -0.4 is 15.8 Å². The zero-order valence-electron chi connectivity index (χ0n) is 21.7. The number of anilines is 2. The zero-order valence-corrected chi connectivity index (χ0v) is 22.6. The van der Waals surface area contributed by atoms with Crippen molar-refractivity contribution in [2.45, 2.75) is 24.9 Å². The number of hydrogen-bond acceptors (Lipinski definition) is 11. The van der Waals surface area contributed by atoms with Gasteiger partial charge in [0.25, 0.3) is 0 Å². The highest BCUT2D eigenvalue weighted by molar-refractivity contribution is 7.19. The average molecular weight is 576 g/mol. The number of benzene rings is 2. The SMILES string of the molecule is COc1ccc(-c2cnc(Nc3ccc4c(c3O)C(=O)C3C(=O)[C@]5(O)C(=O)C(C(N)=O)C(=O)C[C@@H]5C[C@@H]3C4)s2)cc1. The molecule has 3 aliphatic rings. The number of nitrogens with two attached hydrogens (primary N) is 1. The van der Waals surface area contributed by atoms with Crippen molar-refractivity contribution in [1.29, 1.82) is 0 Å². The molecule has 5 atom stereocenters. The van der Waals surface area contributed by atoms with Crippen LogP contribution in [0.4, 0.5) is 10.8 Å². The predicted molar refractivity (Wildman–Crippen MR) is 146 cm³/mol. The second kappa shape index (κ2) is 9.60. The van der Waals surface area contributed by atoms with E-state index >= 15 is 0 Å². The van der Waals surface area contributed by atoms with E-state index in [0.717, 1.165) is 16.2 Å². The Kier molecular flexibility index (Phi) is 6.27. The molecular formula is C29H25N3O8S. The van der Waals surface area contributed by atoms with Crippen LogP contribution in [0, 0.1) is 23.7 Å². The fourth-order valence-electron chi connectivity index (χ4n) is 6.38. The molecule has 41 heavy (non-hydrogen) atoms. The van der Waals surface area contributed by atoms with Crippen molar-refractivity contribution in [2.75, 3.05) is 12.4 Å². The van der Waals surface area contributed by atoms with Gasteiger partial charge in [0.1, 0.15) is 11.5 Å². The normalized spacial score (nSPS) is 27.1. The number of carbonyl (C=O) groups excluding carboxylic acids is 5. The molecule has 2 fully saturated rings. The molecule has 3 aromatic rings. The highest BCUT2D eigenvalue weighted by Crippen LogP contribution is 2.50. The van der Waals surface area contributed by atoms with E-state index in [2.05, 4.69) is 10.3 Å². The summed E-state index contributed by atoms with van der Waals surface area (Å²) in [7, 11) is 1.58. The van der Waals surface area contributed by atoms with Gasteiger partial charge in [-0.05, 0) is 60.2 Å². The standard InChI is InChI=1S/C29H25N3O8S/c1-40-16-5-2-12(3-6-16)19-11-31-28(41-19)32-17-7-4-13-8-14-9-15-10-18(33)22(27(30)38)26(37)29(15,39)25(36)21(14)24(35)20(13)23(17)34/h2-7,11,14-15,21-22,34,39H,8-10H2,1H3,(H2,30,38)(H,31,32)/t14-,15-,21?,22?,29-/m0/s1.